The number of nitrogens with zero attached hydrogens (tertiary/aromatic N) is 1. The van der Waals surface area contributed by atoms with Gasteiger partial charge in [0.15, 0.2) is 16.9 Å². The zero-order valence-corrected chi connectivity index (χ0v) is 11.2. The van der Waals surface area contributed by atoms with Crippen molar-refractivity contribution in [3.05, 3.63) is 11.9 Å². The van der Waals surface area contributed by atoms with E-state index in [9.17, 15) is 18.5 Å². The molecule has 0 fully saturated rings. The molecule has 0 saturated heterocycles. The van der Waals surface area contributed by atoms with Gasteiger partial charge in [-0.3, -0.25) is 32.7 Å². The van der Waals surface area contributed by atoms with E-state index in [0.29, 0.717) is 5.06 Å². The molecule has 0 bridgehead atoms. The van der Waals surface area contributed by atoms with Crippen LogP contribution in [0.1, 0.15) is 0 Å². The van der Waals surface area contributed by atoms with E-state index in [1.54, 1.807) is 0 Å². The fraction of sp³-hybridized carbons (Fsp3) is 0.500. The zero-order chi connectivity index (χ0) is 13.1. The molecule has 0 rings (SSSR count). The molecule has 0 saturated carbocycles. The zero-order valence-electron chi connectivity index (χ0n) is 8.54. The molecular formula is C6H10NO7P3. The average molecular weight is 301 g/mol. The Labute approximate surface area is 100 Å². The van der Waals surface area contributed by atoms with Crippen molar-refractivity contribution in [3.63, 3.8) is 0 Å². The van der Waals surface area contributed by atoms with Gasteiger partial charge >= 0.3 is 7.60 Å². The Bertz CT molecular complexity index is 318. The molecule has 0 aliphatic rings. The molecular weight excluding hydrogens is 291 g/mol. The first-order valence-corrected chi connectivity index (χ1v) is 7.74. The van der Waals surface area contributed by atoms with Gasteiger partial charge in [0.25, 0.3) is 0 Å². The molecule has 0 atom stereocenters. The largest absolute Gasteiger partial charge is 0.355 e. The molecule has 0 aliphatic carbocycles. The predicted molar refractivity (Wildman–Crippen MR) is 58.4 cm³/mol. The number of hydroxylamine groups is 2. The Morgan fingerprint density at radius 2 is 1.76 bits per heavy atom. The first kappa shape index (κ1) is 16.5. The molecule has 0 aromatic rings. The molecule has 96 valence electrons. The number of carbonyl (C=O) groups excluding carboxylic acids is 1. The summed E-state index contributed by atoms with van der Waals surface area (Å²) in [6.07, 6.45) is 0.615. The Morgan fingerprint density at radius 3 is 2.18 bits per heavy atom. The molecule has 0 aromatic carbocycles. The molecule has 11 heteroatoms. The summed E-state index contributed by atoms with van der Waals surface area (Å²) in [5.74, 6) is 0.982. The molecule has 0 aliphatic heterocycles. The van der Waals surface area contributed by atoms with Gasteiger partial charge in [-0.15, -0.1) is 0 Å². The summed E-state index contributed by atoms with van der Waals surface area (Å²) in [6, 6.07) is 0. The van der Waals surface area contributed by atoms with Crippen LogP contribution < -0.4 is 0 Å². The standard InChI is InChI=1S/C6H10NO7P3/c8-4-7(9)2-1-3-17(12,13-5-15-10)14-6-16-11/h1,3-4,9H,2,5-6H2/b3-1+. The first-order chi connectivity index (χ1) is 8.08. The minimum Gasteiger partial charge on any atom is -0.293 e. The van der Waals surface area contributed by atoms with Crippen LogP contribution in [0.5, 0.6) is 0 Å². The van der Waals surface area contributed by atoms with Crippen LogP contribution in [0.3, 0.4) is 0 Å². The van der Waals surface area contributed by atoms with Gasteiger partial charge in [-0.25, -0.2) is 5.06 Å². The van der Waals surface area contributed by atoms with Crippen LogP contribution in [-0.4, -0.2) is 35.9 Å². The van der Waals surface area contributed by atoms with Crippen molar-refractivity contribution >= 4 is 30.9 Å². The smallest absolute Gasteiger partial charge is 0.293 e. The van der Waals surface area contributed by atoms with Crippen LogP contribution in [0, 0.1) is 0 Å². The van der Waals surface area contributed by atoms with Crippen molar-refractivity contribution in [2.24, 2.45) is 0 Å². The van der Waals surface area contributed by atoms with Crippen LogP contribution in [0.2, 0.25) is 0 Å². The van der Waals surface area contributed by atoms with Crippen LogP contribution in [0.4, 0.5) is 0 Å². The maximum atomic E-state index is 11.8. The highest BCUT2D eigenvalue weighted by atomic mass is 31.2. The summed E-state index contributed by atoms with van der Waals surface area (Å²) in [5.41, 5.74) is 0. The van der Waals surface area contributed by atoms with Crippen LogP contribution in [0.25, 0.3) is 0 Å². The van der Waals surface area contributed by atoms with E-state index in [-0.39, 0.29) is 42.6 Å². The summed E-state index contributed by atoms with van der Waals surface area (Å²) in [4.78, 5) is 10.0. The van der Waals surface area contributed by atoms with E-state index in [1.165, 1.54) is 6.08 Å². The molecule has 0 spiro atoms. The van der Waals surface area contributed by atoms with E-state index in [1.807, 2.05) is 0 Å². The second-order valence-corrected chi connectivity index (χ2v) is 5.35. The fourth-order valence-corrected chi connectivity index (χ4v) is 2.92. The lowest BCUT2D eigenvalue weighted by Gasteiger charge is -2.11. The highest BCUT2D eigenvalue weighted by Gasteiger charge is 2.20. The van der Waals surface area contributed by atoms with E-state index < -0.39 is 7.60 Å². The van der Waals surface area contributed by atoms with Gasteiger partial charge in [0.05, 0.1) is 6.54 Å². The van der Waals surface area contributed by atoms with Gasteiger partial charge in [-0.2, -0.15) is 0 Å². The van der Waals surface area contributed by atoms with Crippen molar-refractivity contribution in [3.8, 4) is 0 Å². The molecule has 17 heavy (non-hydrogen) atoms. The normalized spacial score (nSPS) is 15.1. The molecule has 1 N–H and O–H groups in total. The fourth-order valence-electron chi connectivity index (χ4n) is 0.659. The van der Waals surface area contributed by atoms with Gasteiger partial charge in [-0.1, -0.05) is 6.08 Å². The molecule has 8 nitrogen and oxygen atoms in total. The lowest BCUT2D eigenvalue weighted by atomic mass is 10.6. The minimum absolute atomic E-state index is 0.156. The van der Waals surface area contributed by atoms with E-state index in [4.69, 9.17) is 5.21 Å². The first-order valence-electron chi connectivity index (χ1n) is 4.13. The average Bonchev–Trinajstić information content (AvgIpc) is 2.34. The van der Waals surface area contributed by atoms with Gasteiger partial charge in [-0.05, 0) is 0 Å². The Hall–Kier alpha value is -0.480. The third-order valence-corrected chi connectivity index (χ3v) is 3.71. The third-order valence-electron chi connectivity index (χ3n) is 1.28. The van der Waals surface area contributed by atoms with Crippen LogP contribution >= 0.6 is 24.5 Å². The second-order valence-electron chi connectivity index (χ2n) is 2.43. The molecule has 0 radical (unpaired) electrons. The summed E-state index contributed by atoms with van der Waals surface area (Å²) in [7, 11) is -4.43. The second kappa shape index (κ2) is 9.54. The van der Waals surface area contributed by atoms with E-state index >= 15 is 0 Å². The number of carbonyl (C=O) groups is 1. The highest BCUT2D eigenvalue weighted by Crippen LogP contribution is 2.50. The highest BCUT2D eigenvalue weighted by molar-refractivity contribution is 7.57. The monoisotopic (exact) mass is 301 g/mol. The van der Waals surface area contributed by atoms with Crippen LogP contribution in [0.15, 0.2) is 11.9 Å². The maximum absolute atomic E-state index is 11.8. The van der Waals surface area contributed by atoms with Gasteiger partial charge in [0.1, 0.15) is 12.7 Å². The SMILES string of the molecule is O=CN(O)C/C=C/P(=O)(OCP=O)OCP=O. The quantitative estimate of drug-likeness (QED) is 0.284. The van der Waals surface area contributed by atoms with Gasteiger partial charge in [0.2, 0.25) is 6.41 Å². The Morgan fingerprint density at radius 1 is 1.24 bits per heavy atom. The molecule has 0 unspecified atom stereocenters. The lowest BCUT2D eigenvalue weighted by Crippen LogP contribution is -2.16. The van der Waals surface area contributed by atoms with E-state index in [2.05, 4.69) is 9.05 Å². The number of hydrogen-bond acceptors (Lipinski definition) is 7. The molecule has 0 aromatic heterocycles. The third kappa shape index (κ3) is 8.27. The Kier molecular flexibility index (Phi) is 9.27. The van der Waals surface area contributed by atoms with E-state index in [0.717, 1.165) is 5.82 Å². The van der Waals surface area contributed by atoms with Crippen molar-refractivity contribution in [1.29, 1.82) is 0 Å². The van der Waals surface area contributed by atoms with Gasteiger partial charge < -0.3 is 0 Å². The summed E-state index contributed by atoms with van der Waals surface area (Å²) >= 11 is 0. The maximum Gasteiger partial charge on any atom is 0.355 e. The van der Waals surface area contributed by atoms with Crippen molar-refractivity contribution in [1.82, 2.24) is 5.06 Å². The number of rotatable bonds is 10. The van der Waals surface area contributed by atoms with Crippen molar-refractivity contribution in [2.45, 2.75) is 0 Å². The summed E-state index contributed by atoms with van der Waals surface area (Å²) in [6.45, 7) is -0.218. The molecule has 0 heterocycles. The summed E-state index contributed by atoms with van der Waals surface area (Å²) < 4.78 is 41.5. The Balaban J connectivity index is 4.44. The van der Waals surface area contributed by atoms with Crippen molar-refractivity contribution in [2.75, 3.05) is 19.2 Å². The summed E-state index contributed by atoms with van der Waals surface area (Å²) in [5, 5.41) is 9.05. The lowest BCUT2D eigenvalue weighted by molar-refractivity contribution is -0.147. The number of hydrogen-bond donors (Lipinski definition) is 1. The molecule has 1 amide bonds. The minimum atomic E-state index is -3.67. The van der Waals surface area contributed by atoms with Crippen molar-refractivity contribution < 1.29 is 32.7 Å². The van der Waals surface area contributed by atoms with Gasteiger partial charge in [0, 0.05) is 5.82 Å². The predicted octanol–water partition coefficient (Wildman–Crippen LogP) is 2.07. The number of amides is 1. The van der Waals surface area contributed by atoms with Crippen LogP contribution in [-0.2, 0) is 27.5 Å². The topological polar surface area (TPSA) is 110 Å².